The van der Waals surface area contributed by atoms with Gasteiger partial charge in [-0.3, -0.25) is 4.57 Å². The standard InChI is InChI=1S/C38H25N.C24H17BNO2.C14H9Br/c1-2-11-30(12-3-1)39-37-17-9-8-16-34(37)36-24-28(22-23-38(36)39)26-18-20-27(21-19-26)35-25-29-10-4-5-13-31(29)32-14-6-7-15-33(32)35;27-25(28)19-13-10-17(11-14-19)18-12-15-24-22(16-18)21-8-4-5-9-23(21)26(24)20-6-2-1-3-7-20;15-14-9-10-5-1-2-6-11(10)12-7-3-4-8-13(12)14/h1-25H;1-3,5-16,27-28H;1-9H/q;+1;. The Balaban J connectivity index is 0.000000121. The maximum absolute atomic E-state index is 9.31. The van der Waals surface area contributed by atoms with Gasteiger partial charge in [0.1, 0.15) is 17.7 Å². The molecular formula is C76H51BBrN2O2+. The number of aromatic nitrogens is 2. The predicted octanol–water partition coefficient (Wildman–Crippen LogP) is 19.0. The second-order valence-electron chi connectivity index (χ2n) is 20.7. The van der Waals surface area contributed by atoms with E-state index in [0.717, 1.165) is 38.1 Å². The molecule has 0 bridgehead atoms. The molecule has 1 aliphatic rings. The molecule has 1 aliphatic carbocycles. The van der Waals surface area contributed by atoms with E-state index in [1.54, 1.807) is 12.1 Å². The molecule has 0 atom stereocenters. The summed E-state index contributed by atoms with van der Waals surface area (Å²) in [5.74, 6) is 0. The average Bonchev–Trinajstić information content (AvgIpc) is 4.17. The molecule has 2 heterocycles. The fraction of sp³-hybridized carbons (Fsp3) is 0. The largest absolute Gasteiger partial charge is 0.488 e. The molecule has 0 radical (unpaired) electrons. The minimum absolute atomic E-state index is 0.486. The van der Waals surface area contributed by atoms with E-state index < -0.39 is 7.12 Å². The van der Waals surface area contributed by atoms with Crippen LogP contribution in [0, 0.1) is 6.08 Å². The van der Waals surface area contributed by atoms with Gasteiger partial charge in [0.15, 0.2) is 5.69 Å². The van der Waals surface area contributed by atoms with E-state index in [0.29, 0.717) is 5.46 Å². The minimum Gasteiger partial charge on any atom is -0.423 e. The summed E-state index contributed by atoms with van der Waals surface area (Å²) in [6.45, 7) is 0. The van der Waals surface area contributed by atoms with Crippen molar-refractivity contribution in [1.82, 2.24) is 9.13 Å². The summed E-state index contributed by atoms with van der Waals surface area (Å²) in [6.07, 6.45) is 9.28. The highest BCUT2D eigenvalue weighted by molar-refractivity contribution is 9.10. The highest BCUT2D eigenvalue weighted by Gasteiger charge is 2.24. The van der Waals surface area contributed by atoms with Gasteiger partial charge in [0, 0.05) is 32.7 Å². The van der Waals surface area contributed by atoms with Crippen LogP contribution in [0.15, 0.2) is 290 Å². The van der Waals surface area contributed by atoms with Crippen LogP contribution in [-0.2, 0) is 0 Å². The zero-order chi connectivity index (χ0) is 55.1. The van der Waals surface area contributed by atoms with E-state index in [1.807, 2.05) is 42.5 Å². The van der Waals surface area contributed by atoms with Crippen molar-refractivity contribution in [3.05, 3.63) is 307 Å². The number of nitrogens with zero attached hydrogens (tertiary/aromatic N) is 2. The number of para-hydroxylation sites is 3. The summed E-state index contributed by atoms with van der Waals surface area (Å²) in [7, 11) is -1.45. The molecule has 2 aromatic heterocycles. The Morgan fingerprint density at radius 1 is 0.341 bits per heavy atom. The van der Waals surface area contributed by atoms with Crippen LogP contribution in [0.5, 0.6) is 0 Å². The molecule has 82 heavy (non-hydrogen) atoms. The van der Waals surface area contributed by atoms with E-state index in [4.69, 9.17) is 0 Å². The first-order chi connectivity index (χ1) is 40.4. The average molecular weight is 1110 g/mol. The number of benzene rings is 13. The van der Waals surface area contributed by atoms with Gasteiger partial charge < -0.3 is 14.6 Å². The lowest BCUT2D eigenvalue weighted by atomic mass is 9.80. The van der Waals surface area contributed by atoms with Crippen molar-refractivity contribution in [1.29, 1.82) is 0 Å². The number of hydrogen-bond donors (Lipinski definition) is 2. The van der Waals surface area contributed by atoms with Gasteiger partial charge in [0.05, 0.1) is 28.0 Å². The van der Waals surface area contributed by atoms with Crippen molar-refractivity contribution in [2.75, 3.05) is 0 Å². The van der Waals surface area contributed by atoms with Crippen LogP contribution in [0.25, 0.3) is 133 Å². The summed E-state index contributed by atoms with van der Waals surface area (Å²) >= 11 is 3.62. The van der Waals surface area contributed by atoms with Crippen LogP contribution in [0.3, 0.4) is 0 Å². The van der Waals surface area contributed by atoms with Crippen LogP contribution in [0.1, 0.15) is 11.3 Å². The summed E-state index contributed by atoms with van der Waals surface area (Å²) in [5.41, 5.74) is 15.8. The third-order valence-corrected chi connectivity index (χ3v) is 16.5. The summed E-state index contributed by atoms with van der Waals surface area (Å²) in [5, 5.41) is 32.7. The van der Waals surface area contributed by atoms with E-state index >= 15 is 0 Å². The molecule has 13 aromatic carbocycles. The van der Waals surface area contributed by atoms with E-state index in [1.165, 1.54) is 98.2 Å². The van der Waals surface area contributed by atoms with Gasteiger partial charge in [-0.05, 0) is 149 Å². The van der Waals surface area contributed by atoms with Crippen molar-refractivity contribution < 1.29 is 10.0 Å². The van der Waals surface area contributed by atoms with Gasteiger partial charge in [-0.25, -0.2) is 0 Å². The molecule has 0 saturated carbocycles. The van der Waals surface area contributed by atoms with E-state index in [2.05, 4.69) is 274 Å². The molecule has 0 saturated heterocycles. The Kier molecular flexibility index (Phi) is 13.3. The van der Waals surface area contributed by atoms with Crippen LogP contribution in [0.4, 0.5) is 0 Å². The highest BCUT2D eigenvalue weighted by Crippen LogP contribution is 2.40. The van der Waals surface area contributed by atoms with Gasteiger partial charge in [0.25, 0.3) is 0 Å². The zero-order valence-electron chi connectivity index (χ0n) is 44.5. The maximum atomic E-state index is 9.31. The number of hydrogen-bond acceptors (Lipinski definition) is 2. The number of fused-ring (bicyclic) bond motifs is 12. The first kappa shape index (κ1) is 50.3. The molecule has 0 aliphatic heterocycles. The van der Waals surface area contributed by atoms with Gasteiger partial charge in [0.2, 0.25) is 0 Å². The molecule has 0 unspecified atom stereocenters. The smallest absolute Gasteiger partial charge is 0.423 e. The molecule has 16 rings (SSSR count). The maximum Gasteiger partial charge on any atom is 0.488 e. The third-order valence-electron chi connectivity index (χ3n) is 15.9. The second-order valence-corrected chi connectivity index (χ2v) is 21.5. The second kappa shape index (κ2) is 21.6. The normalized spacial score (nSPS) is 11.6. The molecule has 6 heteroatoms. The molecular weight excluding hydrogens is 1060 g/mol. The van der Waals surface area contributed by atoms with Gasteiger partial charge in [-0.1, -0.05) is 228 Å². The molecule has 0 amide bonds. The fourth-order valence-electron chi connectivity index (χ4n) is 11.9. The number of halogens is 1. The first-order valence-electron chi connectivity index (χ1n) is 27.6. The lowest BCUT2D eigenvalue weighted by Gasteiger charge is -2.12. The van der Waals surface area contributed by atoms with Gasteiger partial charge in [-0.15, -0.1) is 0 Å². The van der Waals surface area contributed by atoms with Crippen LogP contribution >= 0.6 is 15.9 Å². The fourth-order valence-corrected chi connectivity index (χ4v) is 12.5. The minimum atomic E-state index is -1.45. The molecule has 0 spiro atoms. The SMILES string of the molecule is Brc1cc2ccccc2c2ccccc12.OB(O)c1ccc(-c2ccc3c(c2)c2c(n3-c3ccccc3)C=C[C+]=C2)cc1.c1ccc(-n2c3ccccc3c3cc(-c4ccc(-c5cc6ccccc6c6ccccc56)cc4)ccc32)cc1. The Morgan fingerprint density at radius 2 is 0.793 bits per heavy atom. The first-order valence-corrected chi connectivity index (χ1v) is 28.3. The topological polar surface area (TPSA) is 50.3 Å². The summed E-state index contributed by atoms with van der Waals surface area (Å²) in [6, 6.07) is 98.2. The van der Waals surface area contributed by atoms with Crippen LogP contribution in [0.2, 0.25) is 0 Å². The molecule has 386 valence electrons. The van der Waals surface area contributed by atoms with Crippen molar-refractivity contribution in [2.24, 2.45) is 0 Å². The zero-order valence-corrected chi connectivity index (χ0v) is 46.1. The third kappa shape index (κ3) is 9.26. The quantitative estimate of drug-likeness (QED) is 0.0990. The summed E-state index contributed by atoms with van der Waals surface area (Å²) in [4.78, 5) is 0. The molecule has 4 nitrogen and oxygen atoms in total. The van der Waals surface area contributed by atoms with Crippen molar-refractivity contribution in [3.8, 4) is 44.8 Å². The Bertz CT molecular complexity index is 4950. The van der Waals surface area contributed by atoms with Crippen molar-refractivity contribution >= 4 is 116 Å². The van der Waals surface area contributed by atoms with Crippen molar-refractivity contribution in [2.45, 2.75) is 0 Å². The molecule has 15 aromatic rings. The Morgan fingerprint density at radius 3 is 1.43 bits per heavy atom. The highest BCUT2D eigenvalue weighted by atomic mass is 79.9. The Hall–Kier alpha value is -9.91. The van der Waals surface area contributed by atoms with Gasteiger partial charge in [-0.2, -0.15) is 0 Å². The Labute approximate surface area is 484 Å². The van der Waals surface area contributed by atoms with E-state index in [-0.39, 0.29) is 0 Å². The number of rotatable bonds is 6. The lowest BCUT2D eigenvalue weighted by molar-refractivity contribution is 0.426. The van der Waals surface area contributed by atoms with Gasteiger partial charge >= 0.3 is 7.12 Å². The number of allylic oxidation sites excluding steroid dienone is 2. The van der Waals surface area contributed by atoms with Crippen LogP contribution < -0.4 is 5.46 Å². The summed E-state index contributed by atoms with van der Waals surface area (Å²) < 4.78 is 5.80. The van der Waals surface area contributed by atoms with Crippen LogP contribution in [-0.4, -0.2) is 26.3 Å². The lowest BCUT2D eigenvalue weighted by Crippen LogP contribution is -2.29. The predicted molar refractivity (Wildman–Crippen MR) is 351 cm³/mol. The van der Waals surface area contributed by atoms with E-state index in [9.17, 15) is 10.0 Å². The molecule has 0 fully saturated rings. The van der Waals surface area contributed by atoms with Crippen molar-refractivity contribution in [3.63, 3.8) is 0 Å². The monoisotopic (exact) mass is 1110 g/mol. The molecule has 2 N–H and O–H groups in total.